The molecule has 0 unspecified atom stereocenters. The molecule has 21 heavy (non-hydrogen) atoms. The third-order valence-electron chi connectivity index (χ3n) is 3.99. The Balaban J connectivity index is 1.80. The van der Waals surface area contributed by atoms with Crippen LogP contribution < -0.4 is 4.90 Å². The quantitative estimate of drug-likeness (QED) is 0.869. The summed E-state index contributed by atoms with van der Waals surface area (Å²) >= 11 is 1.64. The van der Waals surface area contributed by atoms with E-state index in [9.17, 15) is 4.79 Å². The zero-order valence-corrected chi connectivity index (χ0v) is 13.5. The van der Waals surface area contributed by atoms with Crippen molar-refractivity contribution < 1.29 is 4.79 Å². The molecular weight excluding hydrogens is 284 g/mol. The fourth-order valence-corrected chi connectivity index (χ4v) is 3.79. The highest BCUT2D eigenvalue weighted by Crippen LogP contribution is 2.28. The summed E-state index contributed by atoms with van der Waals surface area (Å²) in [6, 6.07) is 2.07. The van der Waals surface area contributed by atoms with Crippen LogP contribution in [0.1, 0.15) is 19.2 Å². The molecule has 5 nitrogen and oxygen atoms in total. The number of anilines is 1. The second kappa shape index (κ2) is 5.60. The molecule has 112 valence electrons. The minimum Gasteiger partial charge on any atom is -0.359 e. The van der Waals surface area contributed by atoms with Crippen molar-refractivity contribution in [3.05, 3.63) is 17.3 Å². The lowest BCUT2D eigenvalue weighted by Crippen LogP contribution is -2.29. The lowest BCUT2D eigenvalue weighted by molar-refractivity contribution is -0.127. The Morgan fingerprint density at radius 1 is 1.48 bits per heavy atom. The van der Waals surface area contributed by atoms with Gasteiger partial charge in [-0.2, -0.15) is 0 Å². The number of hydrogen-bond acceptors (Lipinski definition) is 5. The van der Waals surface area contributed by atoms with Gasteiger partial charge in [0.1, 0.15) is 16.5 Å². The van der Waals surface area contributed by atoms with Gasteiger partial charge < -0.3 is 9.80 Å². The minimum atomic E-state index is 0.274. The highest BCUT2D eigenvalue weighted by Gasteiger charge is 2.29. The topological polar surface area (TPSA) is 49.3 Å². The molecule has 0 aromatic carbocycles. The number of fused-ring (bicyclic) bond motifs is 1. The van der Waals surface area contributed by atoms with Gasteiger partial charge in [0.2, 0.25) is 5.91 Å². The van der Waals surface area contributed by atoms with Gasteiger partial charge in [-0.25, -0.2) is 9.97 Å². The van der Waals surface area contributed by atoms with Crippen LogP contribution >= 0.6 is 11.3 Å². The number of thiophene rings is 1. The third kappa shape index (κ3) is 2.72. The lowest BCUT2D eigenvalue weighted by atomic mass is 10.1. The maximum absolute atomic E-state index is 11.8. The van der Waals surface area contributed by atoms with Crippen LogP contribution in [0.3, 0.4) is 0 Å². The van der Waals surface area contributed by atoms with Gasteiger partial charge in [0, 0.05) is 39.0 Å². The molecule has 1 aliphatic heterocycles. The lowest BCUT2D eigenvalue weighted by Gasteiger charge is -2.23. The van der Waals surface area contributed by atoms with Crippen LogP contribution in [0.25, 0.3) is 10.2 Å². The molecule has 0 spiro atoms. The van der Waals surface area contributed by atoms with Crippen LogP contribution in [0.5, 0.6) is 0 Å². The predicted molar refractivity (Wildman–Crippen MR) is 85.8 cm³/mol. The number of rotatable bonds is 4. The number of hydrogen-bond donors (Lipinski definition) is 0. The molecule has 0 N–H and O–H groups in total. The second-order valence-electron chi connectivity index (χ2n) is 5.62. The van der Waals surface area contributed by atoms with Gasteiger partial charge in [0.15, 0.2) is 0 Å². The van der Waals surface area contributed by atoms with Crippen molar-refractivity contribution in [1.82, 2.24) is 14.9 Å². The predicted octanol–water partition coefficient (Wildman–Crippen LogP) is 2.30. The Morgan fingerprint density at radius 3 is 3.00 bits per heavy atom. The first kappa shape index (κ1) is 14.3. The van der Waals surface area contributed by atoms with Crippen LogP contribution in [0.2, 0.25) is 0 Å². The Morgan fingerprint density at radius 2 is 2.29 bits per heavy atom. The number of nitrogens with zero attached hydrogens (tertiary/aromatic N) is 4. The molecule has 0 saturated carbocycles. The van der Waals surface area contributed by atoms with Crippen molar-refractivity contribution in [3.63, 3.8) is 0 Å². The van der Waals surface area contributed by atoms with Crippen molar-refractivity contribution in [2.24, 2.45) is 5.92 Å². The van der Waals surface area contributed by atoms with Crippen molar-refractivity contribution in [3.8, 4) is 0 Å². The van der Waals surface area contributed by atoms with Gasteiger partial charge >= 0.3 is 0 Å². The molecule has 1 saturated heterocycles. The number of aromatic nitrogens is 2. The first-order valence-electron chi connectivity index (χ1n) is 7.29. The van der Waals surface area contributed by atoms with Crippen molar-refractivity contribution in [2.75, 3.05) is 31.6 Å². The molecule has 2 aromatic heterocycles. The van der Waals surface area contributed by atoms with Gasteiger partial charge in [-0.1, -0.05) is 0 Å². The summed E-state index contributed by atoms with van der Waals surface area (Å²) in [6.07, 6.45) is 0.648. The van der Waals surface area contributed by atoms with E-state index in [0.29, 0.717) is 12.3 Å². The van der Waals surface area contributed by atoms with Gasteiger partial charge in [-0.05, 0) is 25.3 Å². The molecule has 0 bridgehead atoms. The SMILES string of the molecule is CCN1C[C@H](CN(C)c2nc(C)nc3sccc23)CC1=O. The first-order valence-corrected chi connectivity index (χ1v) is 8.17. The Labute approximate surface area is 128 Å². The smallest absolute Gasteiger partial charge is 0.222 e. The zero-order valence-electron chi connectivity index (χ0n) is 12.7. The van der Waals surface area contributed by atoms with Crippen LogP contribution in [0.4, 0.5) is 5.82 Å². The van der Waals surface area contributed by atoms with E-state index in [1.54, 1.807) is 11.3 Å². The van der Waals surface area contributed by atoms with Crippen molar-refractivity contribution >= 4 is 33.3 Å². The number of likely N-dealkylation sites (tertiary alicyclic amines) is 1. The van der Waals surface area contributed by atoms with Crippen molar-refractivity contribution in [2.45, 2.75) is 20.3 Å². The van der Waals surface area contributed by atoms with E-state index in [2.05, 4.69) is 28.0 Å². The molecule has 3 heterocycles. The van der Waals surface area contributed by atoms with Crippen LogP contribution in [0.15, 0.2) is 11.4 Å². The zero-order chi connectivity index (χ0) is 15.0. The van der Waals surface area contributed by atoms with E-state index in [1.165, 1.54) is 0 Å². The highest BCUT2D eigenvalue weighted by molar-refractivity contribution is 7.16. The number of aryl methyl sites for hydroxylation is 1. The average Bonchev–Trinajstić information content (AvgIpc) is 3.03. The molecule has 0 radical (unpaired) electrons. The number of carbonyl (C=O) groups is 1. The molecule has 1 aliphatic rings. The molecule has 1 atom stereocenters. The van der Waals surface area contributed by atoms with E-state index < -0.39 is 0 Å². The molecule has 1 fully saturated rings. The Kier molecular flexibility index (Phi) is 3.80. The number of amides is 1. The van der Waals surface area contributed by atoms with Gasteiger partial charge in [0.05, 0.1) is 5.39 Å². The first-order chi connectivity index (χ1) is 10.1. The third-order valence-corrected chi connectivity index (χ3v) is 4.79. The van der Waals surface area contributed by atoms with E-state index in [-0.39, 0.29) is 5.91 Å². The second-order valence-corrected chi connectivity index (χ2v) is 6.51. The molecule has 0 aliphatic carbocycles. The number of carbonyl (C=O) groups excluding carboxylic acids is 1. The molecule has 6 heteroatoms. The average molecular weight is 304 g/mol. The van der Waals surface area contributed by atoms with Gasteiger partial charge in [-0.15, -0.1) is 11.3 Å². The minimum absolute atomic E-state index is 0.274. The molecule has 2 aromatic rings. The van der Waals surface area contributed by atoms with Crippen LogP contribution in [0, 0.1) is 12.8 Å². The molecular formula is C15H20N4OS. The van der Waals surface area contributed by atoms with E-state index in [1.807, 2.05) is 24.1 Å². The summed E-state index contributed by atoms with van der Waals surface area (Å²) in [5.41, 5.74) is 0. The summed E-state index contributed by atoms with van der Waals surface area (Å²) in [6.45, 7) is 6.47. The summed E-state index contributed by atoms with van der Waals surface area (Å²) in [5, 5.41) is 3.15. The normalized spacial score (nSPS) is 18.7. The summed E-state index contributed by atoms with van der Waals surface area (Å²) in [5.74, 6) is 2.42. The van der Waals surface area contributed by atoms with Gasteiger partial charge in [-0.3, -0.25) is 4.79 Å². The van der Waals surface area contributed by atoms with E-state index in [4.69, 9.17) is 0 Å². The van der Waals surface area contributed by atoms with Gasteiger partial charge in [0.25, 0.3) is 0 Å². The fourth-order valence-electron chi connectivity index (χ4n) is 2.99. The van der Waals surface area contributed by atoms with Crippen LogP contribution in [-0.4, -0.2) is 47.5 Å². The Hall–Kier alpha value is -1.69. The summed E-state index contributed by atoms with van der Waals surface area (Å²) in [7, 11) is 2.05. The summed E-state index contributed by atoms with van der Waals surface area (Å²) in [4.78, 5) is 26.0. The highest BCUT2D eigenvalue weighted by atomic mass is 32.1. The summed E-state index contributed by atoms with van der Waals surface area (Å²) < 4.78 is 0. The molecule has 3 rings (SSSR count). The fraction of sp³-hybridized carbons (Fsp3) is 0.533. The van der Waals surface area contributed by atoms with Crippen molar-refractivity contribution in [1.29, 1.82) is 0 Å². The molecule has 1 amide bonds. The van der Waals surface area contributed by atoms with E-state index in [0.717, 1.165) is 41.5 Å². The maximum Gasteiger partial charge on any atom is 0.222 e. The monoisotopic (exact) mass is 304 g/mol. The largest absolute Gasteiger partial charge is 0.359 e. The standard InChI is InChI=1S/C15H20N4OS/c1-4-19-9-11(7-13(19)20)8-18(3)14-12-5-6-21-15(12)17-10(2)16-14/h5-6,11H,4,7-9H2,1-3H3/t11-/m0/s1. The maximum atomic E-state index is 11.8. The van der Waals surface area contributed by atoms with E-state index >= 15 is 0 Å². The Bertz CT molecular complexity index is 669. The van der Waals surface area contributed by atoms with Crippen LogP contribution in [-0.2, 0) is 4.79 Å².